The van der Waals surface area contributed by atoms with Gasteiger partial charge in [-0.05, 0) is 50.4 Å². The molecule has 0 saturated heterocycles. The molecule has 4 aromatic rings. The van der Waals surface area contributed by atoms with Crippen molar-refractivity contribution in [3.05, 3.63) is 91.0 Å². The molecule has 0 radical (unpaired) electrons. The summed E-state index contributed by atoms with van der Waals surface area (Å²) in [6.07, 6.45) is 4.06. The fourth-order valence-corrected chi connectivity index (χ4v) is 3.35. The molecular weight excluding hydrogens is 276 g/mol. The molecule has 0 bridgehead atoms. The van der Waals surface area contributed by atoms with E-state index in [2.05, 4.69) is 73.8 Å². The quantitative estimate of drug-likeness (QED) is 0.290. The molecule has 0 amide bonds. The average molecular weight is 294 g/mol. The SMILES string of the molecule is C=C(C)/C=C\C(=C)c1ccc2ccc3cccc4ccc1c2c34. The number of allylic oxidation sites excluding steroid dienone is 4. The molecule has 0 aromatic heterocycles. The zero-order chi connectivity index (χ0) is 16.0. The average Bonchev–Trinajstić information content (AvgIpc) is 2.57. The molecule has 0 heterocycles. The first-order valence-electron chi connectivity index (χ1n) is 7.84. The molecule has 0 spiro atoms. The van der Waals surface area contributed by atoms with Gasteiger partial charge in [0.1, 0.15) is 0 Å². The Balaban J connectivity index is 2.07. The lowest BCUT2D eigenvalue weighted by molar-refractivity contribution is 1.56. The predicted molar refractivity (Wildman–Crippen MR) is 103 cm³/mol. The third kappa shape index (κ3) is 2.15. The Bertz CT molecular complexity index is 1080. The van der Waals surface area contributed by atoms with Gasteiger partial charge in [0.15, 0.2) is 0 Å². The molecular formula is C23H18. The van der Waals surface area contributed by atoms with Crippen molar-refractivity contribution in [1.82, 2.24) is 0 Å². The minimum atomic E-state index is 1.02. The van der Waals surface area contributed by atoms with E-state index < -0.39 is 0 Å². The van der Waals surface area contributed by atoms with E-state index in [1.54, 1.807) is 0 Å². The Morgan fingerprint density at radius 3 is 2.04 bits per heavy atom. The van der Waals surface area contributed by atoms with Crippen LogP contribution in [0.1, 0.15) is 12.5 Å². The van der Waals surface area contributed by atoms with Crippen molar-refractivity contribution < 1.29 is 0 Å². The molecule has 0 heteroatoms. The first-order valence-corrected chi connectivity index (χ1v) is 7.84. The van der Waals surface area contributed by atoms with Crippen molar-refractivity contribution >= 4 is 37.9 Å². The maximum absolute atomic E-state index is 4.25. The van der Waals surface area contributed by atoms with Crippen LogP contribution >= 0.6 is 0 Å². The van der Waals surface area contributed by atoms with Gasteiger partial charge in [0.2, 0.25) is 0 Å². The maximum atomic E-state index is 4.25. The van der Waals surface area contributed by atoms with Gasteiger partial charge in [-0.2, -0.15) is 0 Å². The van der Waals surface area contributed by atoms with Gasteiger partial charge < -0.3 is 0 Å². The lowest BCUT2D eigenvalue weighted by Crippen LogP contribution is -1.88. The molecule has 4 rings (SSSR count). The zero-order valence-electron chi connectivity index (χ0n) is 13.3. The molecule has 0 saturated carbocycles. The van der Waals surface area contributed by atoms with Crippen molar-refractivity contribution in [3.63, 3.8) is 0 Å². The molecule has 0 aliphatic carbocycles. The van der Waals surface area contributed by atoms with Gasteiger partial charge in [0.25, 0.3) is 0 Å². The van der Waals surface area contributed by atoms with E-state index in [1.165, 1.54) is 37.9 Å². The minimum Gasteiger partial charge on any atom is -0.0961 e. The van der Waals surface area contributed by atoms with E-state index in [0.717, 1.165) is 11.1 Å². The Kier molecular flexibility index (Phi) is 3.06. The largest absolute Gasteiger partial charge is 0.0961 e. The first-order chi connectivity index (χ1) is 11.1. The van der Waals surface area contributed by atoms with Gasteiger partial charge in [-0.3, -0.25) is 0 Å². The summed E-state index contributed by atoms with van der Waals surface area (Å²) in [4.78, 5) is 0. The second-order valence-corrected chi connectivity index (χ2v) is 6.17. The van der Waals surface area contributed by atoms with Crippen LogP contribution in [0.5, 0.6) is 0 Å². The lowest BCUT2D eigenvalue weighted by Gasteiger charge is -2.14. The third-order valence-electron chi connectivity index (χ3n) is 4.44. The van der Waals surface area contributed by atoms with E-state index in [1.807, 2.05) is 13.0 Å². The van der Waals surface area contributed by atoms with E-state index in [-0.39, 0.29) is 0 Å². The molecule has 0 N–H and O–H groups in total. The van der Waals surface area contributed by atoms with Crippen molar-refractivity contribution in [2.45, 2.75) is 6.92 Å². The van der Waals surface area contributed by atoms with Crippen LogP contribution in [-0.2, 0) is 0 Å². The molecule has 0 atom stereocenters. The van der Waals surface area contributed by atoms with Gasteiger partial charge in [-0.15, -0.1) is 0 Å². The van der Waals surface area contributed by atoms with Crippen molar-refractivity contribution in [2.24, 2.45) is 0 Å². The highest BCUT2D eigenvalue weighted by molar-refractivity contribution is 6.24. The molecule has 4 aromatic carbocycles. The lowest BCUT2D eigenvalue weighted by atomic mass is 9.90. The Morgan fingerprint density at radius 1 is 0.739 bits per heavy atom. The van der Waals surface area contributed by atoms with Gasteiger partial charge in [-0.25, -0.2) is 0 Å². The summed E-state index contributed by atoms with van der Waals surface area (Å²) in [5.41, 5.74) is 3.24. The van der Waals surface area contributed by atoms with Crippen LogP contribution in [0.4, 0.5) is 0 Å². The Morgan fingerprint density at radius 2 is 1.35 bits per heavy atom. The third-order valence-corrected chi connectivity index (χ3v) is 4.44. The van der Waals surface area contributed by atoms with Gasteiger partial charge in [-0.1, -0.05) is 85.5 Å². The van der Waals surface area contributed by atoms with Crippen molar-refractivity contribution in [2.75, 3.05) is 0 Å². The normalized spacial score (nSPS) is 11.9. The van der Waals surface area contributed by atoms with Crippen molar-refractivity contribution in [3.8, 4) is 0 Å². The highest BCUT2D eigenvalue weighted by Gasteiger charge is 2.11. The topological polar surface area (TPSA) is 0 Å². The van der Waals surface area contributed by atoms with Crippen LogP contribution in [0.3, 0.4) is 0 Å². The fourth-order valence-electron chi connectivity index (χ4n) is 3.35. The van der Waals surface area contributed by atoms with Gasteiger partial charge in [0.05, 0.1) is 0 Å². The van der Waals surface area contributed by atoms with Gasteiger partial charge in [0, 0.05) is 0 Å². The van der Waals surface area contributed by atoms with Crippen LogP contribution in [-0.4, -0.2) is 0 Å². The van der Waals surface area contributed by atoms with Gasteiger partial charge >= 0.3 is 0 Å². The molecule has 0 nitrogen and oxygen atoms in total. The van der Waals surface area contributed by atoms with Crippen LogP contribution in [0.2, 0.25) is 0 Å². The van der Waals surface area contributed by atoms with Crippen LogP contribution < -0.4 is 0 Å². The smallest absolute Gasteiger partial charge is 0.00206 e. The van der Waals surface area contributed by atoms with Crippen LogP contribution in [0.15, 0.2) is 85.5 Å². The summed E-state index contributed by atoms with van der Waals surface area (Å²) in [6, 6.07) is 19.7. The van der Waals surface area contributed by atoms with E-state index in [4.69, 9.17) is 0 Å². The molecule has 110 valence electrons. The molecule has 0 fully saturated rings. The van der Waals surface area contributed by atoms with Crippen molar-refractivity contribution in [1.29, 1.82) is 0 Å². The maximum Gasteiger partial charge on any atom is -0.00206 e. The highest BCUT2D eigenvalue weighted by Crippen LogP contribution is 2.37. The standard InChI is InChI=1S/C23H18/c1-15(2)7-8-16(3)20-13-11-19-10-9-17-5-4-6-18-12-14-21(20)23(19)22(17)18/h4-14H,1,3H2,2H3/b8-7-. The summed E-state index contributed by atoms with van der Waals surface area (Å²) in [7, 11) is 0. The summed E-state index contributed by atoms with van der Waals surface area (Å²) >= 11 is 0. The van der Waals surface area contributed by atoms with E-state index in [0.29, 0.717) is 0 Å². The monoisotopic (exact) mass is 294 g/mol. The van der Waals surface area contributed by atoms with E-state index in [9.17, 15) is 0 Å². The number of hydrogen-bond donors (Lipinski definition) is 0. The predicted octanol–water partition coefficient (Wildman–Crippen LogP) is 6.73. The molecule has 0 aliphatic heterocycles. The molecule has 0 unspecified atom stereocenters. The highest BCUT2D eigenvalue weighted by atomic mass is 14.1. The summed E-state index contributed by atoms with van der Waals surface area (Å²) in [6.45, 7) is 10.2. The molecule has 23 heavy (non-hydrogen) atoms. The Labute approximate surface area is 136 Å². The zero-order valence-corrected chi connectivity index (χ0v) is 13.3. The summed E-state index contributed by atoms with van der Waals surface area (Å²) in [5, 5.41) is 7.82. The van der Waals surface area contributed by atoms with E-state index >= 15 is 0 Å². The number of rotatable bonds is 3. The second kappa shape index (κ2) is 5.10. The first kappa shape index (κ1) is 13.8. The number of benzene rings is 4. The second-order valence-electron chi connectivity index (χ2n) is 6.17. The minimum absolute atomic E-state index is 1.02. The van der Waals surface area contributed by atoms with Crippen LogP contribution in [0, 0.1) is 0 Å². The fraction of sp³-hybridized carbons (Fsp3) is 0.0435. The Hall–Kier alpha value is -2.86. The summed E-state index contributed by atoms with van der Waals surface area (Å²) in [5.74, 6) is 0. The number of hydrogen-bond acceptors (Lipinski definition) is 0. The molecule has 0 aliphatic rings. The summed E-state index contributed by atoms with van der Waals surface area (Å²) < 4.78 is 0. The van der Waals surface area contributed by atoms with Crippen LogP contribution in [0.25, 0.3) is 37.9 Å².